The summed E-state index contributed by atoms with van der Waals surface area (Å²) in [6.45, 7) is 1.98. The maximum atomic E-state index is 12.3. The first kappa shape index (κ1) is 15.3. The van der Waals surface area contributed by atoms with Gasteiger partial charge in [0, 0.05) is 0 Å². The largest absolute Gasteiger partial charge is 0.482 e. The molecule has 0 unspecified atom stereocenters. The van der Waals surface area contributed by atoms with Crippen molar-refractivity contribution in [2.75, 3.05) is 13.2 Å². The highest BCUT2D eigenvalue weighted by Crippen LogP contribution is 2.30. The van der Waals surface area contributed by atoms with Crippen LogP contribution in [-0.2, 0) is 15.7 Å². The fourth-order valence-electron chi connectivity index (χ4n) is 1.25. The molecule has 0 saturated carbocycles. The predicted molar refractivity (Wildman–Crippen MR) is 62.8 cm³/mol. The van der Waals surface area contributed by atoms with E-state index >= 15 is 0 Å². The Balaban J connectivity index is 2.40. The van der Waals surface area contributed by atoms with Gasteiger partial charge in [0.25, 0.3) is 0 Å². The van der Waals surface area contributed by atoms with Crippen LogP contribution in [0.3, 0.4) is 0 Å². The highest BCUT2D eigenvalue weighted by molar-refractivity contribution is 5.71. The summed E-state index contributed by atoms with van der Waals surface area (Å²) in [7, 11) is 0. The lowest BCUT2D eigenvalue weighted by Gasteiger charge is -2.09. The van der Waals surface area contributed by atoms with E-state index in [-0.39, 0.29) is 12.4 Å². The predicted octanol–water partition coefficient (Wildman–Crippen LogP) is 3.43. The lowest BCUT2D eigenvalue weighted by molar-refractivity contribution is -0.146. The third kappa shape index (κ3) is 5.63. The van der Waals surface area contributed by atoms with E-state index in [4.69, 9.17) is 9.47 Å². The number of carbonyl (C=O) groups excluding carboxylic acids is 1. The molecule has 1 aromatic rings. The molecule has 0 spiro atoms. The van der Waals surface area contributed by atoms with Crippen LogP contribution in [0.1, 0.15) is 25.3 Å². The summed E-state index contributed by atoms with van der Waals surface area (Å²) in [6, 6.07) is 4.14. The Morgan fingerprint density at radius 3 is 2.37 bits per heavy atom. The molecule has 0 saturated heterocycles. The maximum Gasteiger partial charge on any atom is 0.416 e. The lowest BCUT2D eigenvalue weighted by atomic mass is 10.2. The zero-order valence-electron chi connectivity index (χ0n) is 10.5. The lowest BCUT2D eigenvalue weighted by Crippen LogP contribution is -2.15. The van der Waals surface area contributed by atoms with Crippen LogP contribution in [0.2, 0.25) is 0 Å². The van der Waals surface area contributed by atoms with E-state index in [0.717, 1.165) is 25.0 Å². The van der Waals surface area contributed by atoms with Crippen molar-refractivity contribution >= 4 is 5.97 Å². The number of hydrogen-bond acceptors (Lipinski definition) is 3. The van der Waals surface area contributed by atoms with Crippen molar-refractivity contribution < 1.29 is 27.4 Å². The fraction of sp³-hybridized carbons (Fsp3) is 0.462. The van der Waals surface area contributed by atoms with Crippen LogP contribution in [-0.4, -0.2) is 19.2 Å². The van der Waals surface area contributed by atoms with Gasteiger partial charge in [-0.2, -0.15) is 13.2 Å². The summed E-state index contributed by atoms with van der Waals surface area (Å²) < 4.78 is 46.7. The summed E-state index contributed by atoms with van der Waals surface area (Å²) in [5.74, 6) is -0.339. The molecule has 1 rings (SSSR count). The maximum absolute atomic E-state index is 12.3. The standard InChI is InChI=1S/C13H15F3O3/c1-2-3-8-18-12(17)9-19-11-6-4-10(5-7-11)13(14,15)16/h4-7H,2-3,8-9H2,1H3. The molecule has 19 heavy (non-hydrogen) atoms. The quantitative estimate of drug-likeness (QED) is 0.590. The zero-order chi connectivity index (χ0) is 14.3. The molecular formula is C13H15F3O3. The van der Waals surface area contributed by atoms with E-state index in [9.17, 15) is 18.0 Å². The van der Waals surface area contributed by atoms with Gasteiger partial charge in [-0.05, 0) is 30.7 Å². The van der Waals surface area contributed by atoms with Crippen LogP contribution < -0.4 is 4.74 Å². The Labute approximate surface area is 109 Å². The van der Waals surface area contributed by atoms with Crippen LogP contribution in [0.5, 0.6) is 5.75 Å². The smallest absolute Gasteiger partial charge is 0.416 e. The van der Waals surface area contributed by atoms with Crippen molar-refractivity contribution in [3.63, 3.8) is 0 Å². The molecule has 0 atom stereocenters. The van der Waals surface area contributed by atoms with Crippen LogP contribution in [0.4, 0.5) is 13.2 Å². The van der Waals surface area contributed by atoms with E-state index in [0.29, 0.717) is 6.61 Å². The van der Waals surface area contributed by atoms with Gasteiger partial charge < -0.3 is 9.47 Å². The van der Waals surface area contributed by atoms with Gasteiger partial charge in [0.2, 0.25) is 0 Å². The molecule has 0 aliphatic rings. The summed E-state index contributed by atoms with van der Waals surface area (Å²) in [6.07, 6.45) is -2.70. The summed E-state index contributed by atoms with van der Waals surface area (Å²) >= 11 is 0. The third-order valence-electron chi connectivity index (χ3n) is 2.30. The summed E-state index contributed by atoms with van der Waals surface area (Å²) in [5.41, 5.74) is -0.759. The molecule has 0 N–H and O–H groups in total. The van der Waals surface area contributed by atoms with Crippen molar-refractivity contribution in [1.82, 2.24) is 0 Å². The molecule has 1 aromatic carbocycles. The topological polar surface area (TPSA) is 35.5 Å². The highest BCUT2D eigenvalue weighted by atomic mass is 19.4. The van der Waals surface area contributed by atoms with Crippen LogP contribution >= 0.6 is 0 Å². The van der Waals surface area contributed by atoms with Crippen LogP contribution in [0.15, 0.2) is 24.3 Å². The molecule has 0 aliphatic carbocycles. The number of hydrogen-bond donors (Lipinski definition) is 0. The van der Waals surface area contributed by atoms with Crippen molar-refractivity contribution in [3.8, 4) is 5.75 Å². The van der Waals surface area contributed by atoms with E-state index in [1.807, 2.05) is 6.92 Å². The van der Waals surface area contributed by atoms with Crippen molar-refractivity contribution in [3.05, 3.63) is 29.8 Å². The van der Waals surface area contributed by atoms with Crippen molar-refractivity contribution in [1.29, 1.82) is 0 Å². The first-order valence-corrected chi connectivity index (χ1v) is 5.89. The van der Waals surface area contributed by atoms with E-state index in [1.165, 1.54) is 12.1 Å². The van der Waals surface area contributed by atoms with E-state index in [2.05, 4.69) is 0 Å². The molecule has 0 heterocycles. The number of rotatable bonds is 6. The third-order valence-corrected chi connectivity index (χ3v) is 2.30. The molecule has 0 radical (unpaired) electrons. The van der Waals surface area contributed by atoms with E-state index in [1.54, 1.807) is 0 Å². The monoisotopic (exact) mass is 276 g/mol. The molecule has 0 fully saturated rings. The van der Waals surface area contributed by atoms with Gasteiger partial charge in [-0.3, -0.25) is 0 Å². The molecule has 0 bridgehead atoms. The van der Waals surface area contributed by atoms with Gasteiger partial charge >= 0.3 is 12.1 Å². The van der Waals surface area contributed by atoms with Gasteiger partial charge in [-0.25, -0.2) is 4.79 Å². The average molecular weight is 276 g/mol. The minimum atomic E-state index is -4.38. The van der Waals surface area contributed by atoms with Gasteiger partial charge in [0.1, 0.15) is 5.75 Å². The van der Waals surface area contributed by atoms with Crippen LogP contribution in [0.25, 0.3) is 0 Å². The Morgan fingerprint density at radius 2 is 1.84 bits per heavy atom. The molecule has 0 aliphatic heterocycles. The van der Waals surface area contributed by atoms with Gasteiger partial charge in [0.15, 0.2) is 6.61 Å². The second kappa shape index (κ2) is 7.01. The molecule has 0 amide bonds. The fourth-order valence-corrected chi connectivity index (χ4v) is 1.25. The van der Waals surface area contributed by atoms with E-state index < -0.39 is 17.7 Å². The second-order valence-electron chi connectivity index (χ2n) is 3.88. The number of carbonyl (C=O) groups is 1. The first-order chi connectivity index (χ1) is 8.93. The minimum Gasteiger partial charge on any atom is -0.482 e. The Morgan fingerprint density at radius 1 is 1.21 bits per heavy atom. The molecule has 0 aromatic heterocycles. The molecule has 106 valence electrons. The van der Waals surface area contributed by atoms with Crippen molar-refractivity contribution in [2.24, 2.45) is 0 Å². The average Bonchev–Trinajstić information content (AvgIpc) is 2.36. The number of benzene rings is 1. The normalized spacial score (nSPS) is 11.2. The number of esters is 1. The number of unbranched alkanes of at least 4 members (excludes halogenated alkanes) is 1. The molecular weight excluding hydrogens is 261 g/mol. The number of alkyl halides is 3. The highest BCUT2D eigenvalue weighted by Gasteiger charge is 2.30. The first-order valence-electron chi connectivity index (χ1n) is 5.89. The Bertz CT molecular complexity index is 399. The zero-order valence-corrected chi connectivity index (χ0v) is 10.5. The van der Waals surface area contributed by atoms with Crippen LogP contribution in [0, 0.1) is 0 Å². The number of ether oxygens (including phenoxy) is 2. The van der Waals surface area contributed by atoms with Crippen molar-refractivity contribution in [2.45, 2.75) is 25.9 Å². The number of halogens is 3. The molecule has 6 heteroatoms. The summed E-state index contributed by atoms with van der Waals surface area (Å²) in [4.78, 5) is 11.2. The Kier molecular flexibility index (Phi) is 5.66. The summed E-state index contributed by atoms with van der Waals surface area (Å²) in [5, 5.41) is 0. The SMILES string of the molecule is CCCCOC(=O)COc1ccc(C(F)(F)F)cc1. The second-order valence-corrected chi connectivity index (χ2v) is 3.88. The van der Waals surface area contributed by atoms with Gasteiger partial charge in [-0.15, -0.1) is 0 Å². The van der Waals surface area contributed by atoms with Gasteiger partial charge in [0.05, 0.1) is 12.2 Å². The Hall–Kier alpha value is -1.72. The minimum absolute atomic E-state index is 0.195. The molecule has 3 nitrogen and oxygen atoms in total. The van der Waals surface area contributed by atoms with Gasteiger partial charge in [-0.1, -0.05) is 13.3 Å².